The number of alkyl halides is 2. The third-order valence-electron chi connectivity index (χ3n) is 3.90. The Balaban J connectivity index is 2.28. The minimum absolute atomic E-state index is 0.0577. The monoisotopic (exact) mass is 421 g/mol. The molecule has 1 aromatic heterocycles. The van der Waals surface area contributed by atoms with Gasteiger partial charge in [0.2, 0.25) is 0 Å². The molecule has 3 rings (SSSR count). The number of benzene rings is 2. The molecular weight excluding hydrogens is 410 g/mol. The number of rotatable bonds is 4. The van der Waals surface area contributed by atoms with Crippen LogP contribution in [-0.4, -0.2) is 26.8 Å². The van der Waals surface area contributed by atoms with Gasteiger partial charge in [-0.1, -0.05) is 56.1 Å². The third-order valence-corrected chi connectivity index (χ3v) is 4.91. The van der Waals surface area contributed by atoms with E-state index in [9.17, 15) is 9.59 Å². The maximum absolute atomic E-state index is 11.9. The first kappa shape index (κ1) is 15.4. The van der Waals surface area contributed by atoms with E-state index in [-0.39, 0.29) is 11.6 Å². The van der Waals surface area contributed by atoms with E-state index in [2.05, 4.69) is 31.9 Å². The Morgan fingerprint density at radius 1 is 0.864 bits per heavy atom. The molecule has 0 radical (unpaired) electrons. The lowest BCUT2D eigenvalue weighted by Gasteiger charge is -2.01. The van der Waals surface area contributed by atoms with Gasteiger partial charge in [0.25, 0.3) is 0 Å². The Bertz CT molecular complexity index is 839. The van der Waals surface area contributed by atoms with Crippen molar-refractivity contribution in [2.24, 2.45) is 7.05 Å². The first-order valence-electron chi connectivity index (χ1n) is 6.77. The van der Waals surface area contributed by atoms with Gasteiger partial charge in [-0.2, -0.15) is 0 Å². The molecule has 0 spiro atoms. The van der Waals surface area contributed by atoms with Crippen LogP contribution in [0.1, 0.15) is 20.7 Å². The highest BCUT2D eigenvalue weighted by Gasteiger charge is 2.13. The quantitative estimate of drug-likeness (QED) is 0.459. The molecule has 0 N–H and O–H groups in total. The van der Waals surface area contributed by atoms with Gasteiger partial charge in [0, 0.05) is 40.0 Å². The van der Waals surface area contributed by atoms with Crippen molar-refractivity contribution in [2.45, 2.75) is 0 Å². The molecule has 0 aliphatic carbocycles. The Kier molecular flexibility index (Phi) is 4.19. The van der Waals surface area contributed by atoms with Crippen LogP contribution in [0.4, 0.5) is 0 Å². The minimum Gasteiger partial charge on any atom is -0.344 e. The summed E-state index contributed by atoms with van der Waals surface area (Å²) >= 11 is 6.41. The maximum Gasteiger partial charge on any atom is 0.173 e. The van der Waals surface area contributed by atoms with E-state index in [1.54, 1.807) is 0 Å². The standard InChI is InChI=1S/C17H13Br2NO2/c1-20-14-6-10(16(21)8-18)2-4-12(14)13-5-3-11(7-15(13)20)17(22)9-19/h2-7H,8-9H2,1H3. The average molecular weight is 423 g/mol. The van der Waals surface area contributed by atoms with Crippen molar-refractivity contribution in [2.75, 3.05) is 10.7 Å². The zero-order chi connectivity index (χ0) is 15.9. The van der Waals surface area contributed by atoms with E-state index >= 15 is 0 Å². The smallest absolute Gasteiger partial charge is 0.173 e. The molecule has 0 amide bonds. The largest absolute Gasteiger partial charge is 0.344 e. The van der Waals surface area contributed by atoms with Gasteiger partial charge >= 0.3 is 0 Å². The van der Waals surface area contributed by atoms with Crippen LogP contribution in [0.3, 0.4) is 0 Å². The Hall–Kier alpha value is -1.46. The highest BCUT2D eigenvalue weighted by atomic mass is 79.9. The molecule has 0 unspecified atom stereocenters. The van der Waals surface area contributed by atoms with Crippen LogP contribution in [0, 0.1) is 0 Å². The maximum atomic E-state index is 11.9. The van der Waals surface area contributed by atoms with Gasteiger partial charge in [-0.25, -0.2) is 0 Å². The van der Waals surface area contributed by atoms with Crippen molar-refractivity contribution in [3.63, 3.8) is 0 Å². The summed E-state index contributed by atoms with van der Waals surface area (Å²) in [4.78, 5) is 23.7. The summed E-state index contributed by atoms with van der Waals surface area (Å²) in [6.45, 7) is 0. The Morgan fingerprint density at radius 3 is 1.64 bits per heavy atom. The molecular formula is C17H13Br2NO2. The van der Waals surface area contributed by atoms with Gasteiger partial charge in [-0.05, 0) is 12.1 Å². The van der Waals surface area contributed by atoms with Gasteiger partial charge < -0.3 is 4.57 Å². The normalized spacial score (nSPS) is 11.2. The number of hydrogen-bond acceptors (Lipinski definition) is 2. The summed E-state index contributed by atoms with van der Waals surface area (Å²) in [5.41, 5.74) is 3.36. The van der Waals surface area contributed by atoms with Crippen molar-refractivity contribution in [3.8, 4) is 0 Å². The predicted molar refractivity (Wildman–Crippen MR) is 96.7 cm³/mol. The summed E-state index contributed by atoms with van der Waals surface area (Å²) < 4.78 is 2.03. The molecule has 5 heteroatoms. The fourth-order valence-corrected chi connectivity index (χ4v) is 3.35. The van der Waals surface area contributed by atoms with Crippen molar-refractivity contribution >= 4 is 65.2 Å². The number of aryl methyl sites for hydroxylation is 1. The van der Waals surface area contributed by atoms with E-state index in [0.29, 0.717) is 21.8 Å². The lowest BCUT2D eigenvalue weighted by molar-refractivity contribution is 0.101. The number of halogens is 2. The number of fused-ring (bicyclic) bond motifs is 3. The van der Waals surface area contributed by atoms with E-state index in [1.165, 1.54) is 0 Å². The number of ketones is 2. The number of carbonyl (C=O) groups excluding carboxylic acids is 2. The molecule has 1 heterocycles. The van der Waals surface area contributed by atoms with E-state index in [1.807, 2.05) is 48.0 Å². The molecule has 3 aromatic rings. The second kappa shape index (κ2) is 5.97. The molecule has 0 fully saturated rings. The van der Waals surface area contributed by atoms with Gasteiger partial charge in [-0.15, -0.1) is 0 Å². The number of carbonyl (C=O) groups is 2. The zero-order valence-corrected chi connectivity index (χ0v) is 15.1. The molecule has 0 saturated carbocycles. The molecule has 112 valence electrons. The fourth-order valence-electron chi connectivity index (χ4n) is 2.70. The van der Waals surface area contributed by atoms with Crippen molar-refractivity contribution in [1.29, 1.82) is 0 Å². The Labute approximate surface area is 144 Å². The molecule has 22 heavy (non-hydrogen) atoms. The number of aromatic nitrogens is 1. The van der Waals surface area contributed by atoms with Crippen LogP contribution in [-0.2, 0) is 7.05 Å². The first-order chi connectivity index (χ1) is 10.6. The molecule has 3 nitrogen and oxygen atoms in total. The van der Waals surface area contributed by atoms with Crippen molar-refractivity contribution < 1.29 is 9.59 Å². The highest BCUT2D eigenvalue weighted by molar-refractivity contribution is 9.09. The molecule has 0 aliphatic rings. The van der Waals surface area contributed by atoms with Crippen LogP contribution in [0.5, 0.6) is 0 Å². The van der Waals surface area contributed by atoms with Gasteiger partial charge in [0.05, 0.1) is 10.7 Å². The lowest BCUT2D eigenvalue weighted by atomic mass is 10.1. The molecule has 2 aromatic carbocycles. The Morgan fingerprint density at radius 2 is 1.27 bits per heavy atom. The number of nitrogens with zero attached hydrogens (tertiary/aromatic N) is 1. The highest BCUT2D eigenvalue weighted by Crippen LogP contribution is 2.30. The summed E-state index contributed by atoms with van der Waals surface area (Å²) in [6, 6.07) is 11.5. The molecule has 0 bridgehead atoms. The molecule has 0 saturated heterocycles. The van der Waals surface area contributed by atoms with Gasteiger partial charge in [0.15, 0.2) is 11.6 Å². The SMILES string of the molecule is Cn1c2cc(C(=O)CBr)ccc2c2ccc(C(=O)CBr)cc21. The van der Waals surface area contributed by atoms with Gasteiger partial charge in [-0.3, -0.25) is 9.59 Å². The fraction of sp³-hybridized carbons (Fsp3) is 0.176. The number of Topliss-reactive ketones (excluding diaryl/α,β-unsaturated/α-hetero) is 2. The minimum atomic E-state index is 0.0577. The van der Waals surface area contributed by atoms with Crippen LogP contribution in [0.2, 0.25) is 0 Å². The topological polar surface area (TPSA) is 39.1 Å². The summed E-state index contributed by atoms with van der Waals surface area (Å²) in [5, 5.41) is 2.79. The van der Waals surface area contributed by atoms with Crippen LogP contribution >= 0.6 is 31.9 Å². The third kappa shape index (κ3) is 2.42. The second-order valence-electron chi connectivity index (χ2n) is 5.14. The van der Waals surface area contributed by atoms with E-state index in [4.69, 9.17) is 0 Å². The molecule has 0 aliphatic heterocycles. The predicted octanol–water partition coefficient (Wildman–Crippen LogP) is 4.49. The van der Waals surface area contributed by atoms with Crippen molar-refractivity contribution in [1.82, 2.24) is 4.57 Å². The average Bonchev–Trinajstić information content (AvgIpc) is 2.85. The van der Waals surface area contributed by atoms with Crippen molar-refractivity contribution in [3.05, 3.63) is 47.5 Å². The lowest BCUT2D eigenvalue weighted by Crippen LogP contribution is -2.00. The van der Waals surface area contributed by atoms with Crippen LogP contribution in [0.15, 0.2) is 36.4 Å². The van der Waals surface area contributed by atoms with Crippen LogP contribution < -0.4 is 0 Å². The second-order valence-corrected chi connectivity index (χ2v) is 6.26. The summed E-state index contributed by atoms with van der Waals surface area (Å²) in [5.74, 6) is 0.115. The summed E-state index contributed by atoms with van der Waals surface area (Å²) in [7, 11) is 1.95. The van der Waals surface area contributed by atoms with Gasteiger partial charge in [0.1, 0.15) is 0 Å². The van der Waals surface area contributed by atoms with E-state index < -0.39 is 0 Å². The van der Waals surface area contributed by atoms with Crippen LogP contribution in [0.25, 0.3) is 21.8 Å². The first-order valence-corrected chi connectivity index (χ1v) is 9.01. The van der Waals surface area contributed by atoms with E-state index in [0.717, 1.165) is 21.8 Å². The molecule has 0 atom stereocenters. The zero-order valence-electron chi connectivity index (χ0n) is 11.9. The number of hydrogen-bond donors (Lipinski definition) is 0. The summed E-state index contributed by atoms with van der Waals surface area (Å²) in [6.07, 6.45) is 0.